The van der Waals surface area contributed by atoms with Crippen LogP contribution in [0, 0.1) is 23.2 Å². The van der Waals surface area contributed by atoms with E-state index in [4.69, 9.17) is 9.47 Å². The fraction of sp³-hybridized carbons (Fsp3) is 0.846. The van der Waals surface area contributed by atoms with E-state index in [0.717, 1.165) is 0 Å². The first-order valence-corrected chi connectivity index (χ1v) is 5.98. The molecule has 1 heterocycles. The van der Waals surface area contributed by atoms with Gasteiger partial charge in [0.15, 0.2) is 0 Å². The van der Waals surface area contributed by atoms with Crippen LogP contribution in [0.5, 0.6) is 0 Å². The van der Waals surface area contributed by atoms with Gasteiger partial charge in [-0.1, -0.05) is 34.6 Å². The van der Waals surface area contributed by atoms with Gasteiger partial charge >= 0.3 is 11.9 Å². The summed E-state index contributed by atoms with van der Waals surface area (Å²) in [7, 11) is 1.57. The van der Waals surface area contributed by atoms with Crippen LogP contribution >= 0.6 is 0 Å². The first-order chi connectivity index (χ1) is 7.70. The number of hydrogen-bond acceptors (Lipinski definition) is 4. The smallest absolute Gasteiger partial charge is 0.320 e. The molecule has 4 heteroatoms. The molecule has 17 heavy (non-hydrogen) atoms. The fourth-order valence-electron chi connectivity index (χ4n) is 2.57. The molecule has 98 valence electrons. The summed E-state index contributed by atoms with van der Waals surface area (Å²) in [5.74, 6) is -1.69. The van der Waals surface area contributed by atoms with Crippen molar-refractivity contribution in [3.05, 3.63) is 0 Å². The van der Waals surface area contributed by atoms with Crippen LogP contribution in [0.2, 0.25) is 0 Å². The Balaban J connectivity index is 3.07. The van der Waals surface area contributed by atoms with Crippen molar-refractivity contribution in [2.75, 3.05) is 7.11 Å². The van der Waals surface area contributed by atoms with E-state index in [-0.39, 0.29) is 17.4 Å². The molecule has 0 bridgehead atoms. The largest absolute Gasteiger partial charge is 0.393 e. The first kappa shape index (κ1) is 14.2. The van der Waals surface area contributed by atoms with E-state index in [1.807, 2.05) is 34.6 Å². The monoisotopic (exact) mass is 242 g/mol. The number of carbonyl (C=O) groups is 2. The highest BCUT2D eigenvalue weighted by Crippen LogP contribution is 2.39. The Hall–Kier alpha value is -0.900. The average molecular weight is 242 g/mol. The van der Waals surface area contributed by atoms with E-state index in [2.05, 4.69) is 0 Å². The first-order valence-electron chi connectivity index (χ1n) is 5.98. The minimum atomic E-state index is -0.493. The van der Waals surface area contributed by atoms with E-state index in [0.29, 0.717) is 0 Å². The summed E-state index contributed by atoms with van der Waals surface area (Å²) in [6, 6.07) is 0. The number of ether oxygens (including phenoxy) is 2. The van der Waals surface area contributed by atoms with Gasteiger partial charge in [-0.15, -0.1) is 0 Å². The third-order valence-electron chi connectivity index (χ3n) is 3.28. The highest BCUT2D eigenvalue weighted by atomic mass is 16.6. The predicted octanol–water partition coefficient (Wildman–Crippen LogP) is 2.02. The van der Waals surface area contributed by atoms with Crippen LogP contribution in [-0.4, -0.2) is 25.2 Å². The van der Waals surface area contributed by atoms with E-state index in [9.17, 15) is 9.59 Å². The van der Waals surface area contributed by atoms with Gasteiger partial charge in [-0.25, -0.2) is 0 Å². The number of methoxy groups -OCH3 is 1. The lowest BCUT2D eigenvalue weighted by Crippen LogP contribution is -2.42. The molecule has 1 aliphatic heterocycles. The molecule has 0 aromatic heterocycles. The molecule has 0 aromatic carbocycles. The Labute approximate surface area is 103 Å². The van der Waals surface area contributed by atoms with Gasteiger partial charge in [-0.2, -0.15) is 0 Å². The number of rotatable bonds is 3. The molecule has 0 radical (unpaired) electrons. The topological polar surface area (TPSA) is 52.6 Å². The molecule has 3 unspecified atom stereocenters. The van der Waals surface area contributed by atoms with Crippen molar-refractivity contribution in [1.82, 2.24) is 0 Å². The molecular formula is C13H22O4. The second kappa shape index (κ2) is 4.77. The summed E-state index contributed by atoms with van der Waals surface area (Å²) < 4.78 is 10.2. The number of cyclic esters (lactones) is 2. The Morgan fingerprint density at radius 3 is 1.94 bits per heavy atom. The fourth-order valence-corrected chi connectivity index (χ4v) is 2.57. The van der Waals surface area contributed by atoms with Gasteiger partial charge < -0.3 is 9.47 Å². The Morgan fingerprint density at radius 1 is 1.12 bits per heavy atom. The second-order valence-electron chi connectivity index (χ2n) is 6.06. The molecule has 0 amide bonds. The number of esters is 2. The van der Waals surface area contributed by atoms with Crippen LogP contribution in [0.3, 0.4) is 0 Å². The van der Waals surface area contributed by atoms with E-state index >= 15 is 0 Å². The highest BCUT2D eigenvalue weighted by molar-refractivity contribution is 5.97. The summed E-state index contributed by atoms with van der Waals surface area (Å²) >= 11 is 0. The van der Waals surface area contributed by atoms with Crippen molar-refractivity contribution in [2.45, 2.75) is 40.7 Å². The molecule has 4 nitrogen and oxygen atoms in total. The third kappa shape index (κ3) is 2.68. The van der Waals surface area contributed by atoms with Gasteiger partial charge in [0.05, 0.1) is 17.9 Å². The van der Waals surface area contributed by atoms with Gasteiger partial charge in [-0.05, 0) is 11.3 Å². The molecule has 0 aliphatic carbocycles. The summed E-state index contributed by atoms with van der Waals surface area (Å²) in [5.41, 5.74) is -0.212. The number of hydrogen-bond donors (Lipinski definition) is 0. The summed E-state index contributed by atoms with van der Waals surface area (Å²) in [4.78, 5) is 23.5. The second-order valence-corrected chi connectivity index (χ2v) is 6.06. The zero-order valence-electron chi connectivity index (χ0n) is 11.4. The quantitative estimate of drug-likeness (QED) is 0.561. The molecule has 0 spiro atoms. The summed E-state index contributed by atoms with van der Waals surface area (Å²) in [6.45, 7) is 9.83. The van der Waals surface area contributed by atoms with Gasteiger partial charge in [0.25, 0.3) is 0 Å². The van der Waals surface area contributed by atoms with Gasteiger partial charge in [0, 0.05) is 7.11 Å². The van der Waals surface area contributed by atoms with Crippen LogP contribution in [0.4, 0.5) is 0 Å². The van der Waals surface area contributed by atoms with Crippen molar-refractivity contribution >= 4 is 11.9 Å². The Morgan fingerprint density at radius 2 is 1.59 bits per heavy atom. The lowest BCUT2D eigenvalue weighted by molar-refractivity contribution is -0.155. The Kier molecular flexibility index (Phi) is 3.97. The maximum atomic E-state index is 11.8. The average Bonchev–Trinajstić information content (AvgIpc) is 2.40. The highest BCUT2D eigenvalue weighted by Gasteiger charge is 2.52. The van der Waals surface area contributed by atoms with Crippen LogP contribution in [0.1, 0.15) is 34.6 Å². The Bertz CT molecular complexity index is 314. The van der Waals surface area contributed by atoms with Gasteiger partial charge in [0.2, 0.25) is 0 Å². The summed E-state index contributed by atoms with van der Waals surface area (Å²) in [5, 5.41) is 0. The zero-order chi connectivity index (χ0) is 13.4. The molecule has 1 rings (SSSR count). The maximum absolute atomic E-state index is 11.8. The minimum absolute atomic E-state index is 0.0685. The standard InChI is InChI=1S/C13H22O4/c1-7(2)8-9(12(15)17-11(8)14)10(16-6)13(3,4)5/h7-10H,1-6H3. The lowest BCUT2D eigenvalue weighted by Gasteiger charge is -2.34. The summed E-state index contributed by atoms with van der Waals surface area (Å²) in [6.07, 6.45) is -0.311. The molecular weight excluding hydrogens is 220 g/mol. The van der Waals surface area contributed by atoms with Crippen molar-refractivity contribution in [3.8, 4) is 0 Å². The minimum Gasteiger partial charge on any atom is -0.393 e. The van der Waals surface area contributed by atoms with Crippen LogP contribution in [0.25, 0.3) is 0 Å². The van der Waals surface area contributed by atoms with Crippen LogP contribution in [0.15, 0.2) is 0 Å². The predicted molar refractivity (Wildman–Crippen MR) is 63.2 cm³/mol. The third-order valence-corrected chi connectivity index (χ3v) is 3.28. The SMILES string of the molecule is COC(C1C(=O)OC(=O)C1C(C)C)C(C)(C)C. The molecule has 1 fully saturated rings. The normalized spacial score (nSPS) is 27.5. The van der Waals surface area contributed by atoms with E-state index in [1.165, 1.54) is 0 Å². The van der Waals surface area contributed by atoms with Crippen LogP contribution < -0.4 is 0 Å². The lowest BCUT2D eigenvalue weighted by atomic mass is 9.73. The van der Waals surface area contributed by atoms with Crippen molar-refractivity contribution in [2.24, 2.45) is 23.2 Å². The van der Waals surface area contributed by atoms with E-state index < -0.39 is 23.8 Å². The molecule has 0 saturated carbocycles. The molecule has 0 aromatic rings. The molecule has 1 aliphatic rings. The van der Waals surface area contributed by atoms with Gasteiger partial charge in [0.1, 0.15) is 0 Å². The zero-order valence-corrected chi connectivity index (χ0v) is 11.4. The van der Waals surface area contributed by atoms with Crippen LogP contribution in [-0.2, 0) is 19.1 Å². The molecule has 0 N–H and O–H groups in total. The van der Waals surface area contributed by atoms with Crippen molar-refractivity contribution in [1.29, 1.82) is 0 Å². The maximum Gasteiger partial charge on any atom is 0.320 e. The molecule has 3 atom stereocenters. The van der Waals surface area contributed by atoms with E-state index in [1.54, 1.807) is 7.11 Å². The van der Waals surface area contributed by atoms with Crippen molar-refractivity contribution < 1.29 is 19.1 Å². The van der Waals surface area contributed by atoms with Gasteiger partial charge in [-0.3, -0.25) is 9.59 Å². The number of carbonyl (C=O) groups excluding carboxylic acids is 2. The molecule has 1 saturated heterocycles. The van der Waals surface area contributed by atoms with Crippen molar-refractivity contribution in [3.63, 3.8) is 0 Å².